The molecule has 1 aromatic heterocycles. The van der Waals surface area contributed by atoms with Crippen LogP contribution in [-0.2, 0) is 11.3 Å². The van der Waals surface area contributed by atoms with Gasteiger partial charge in [-0.2, -0.15) is 0 Å². The number of amides is 3. The normalized spacial score (nSPS) is 22.2. The van der Waals surface area contributed by atoms with Gasteiger partial charge in [-0.3, -0.25) is 10.1 Å². The number of aliphatic hydroxyl groups excluding tert-OH is 2. The molecule has 8 nitrogen and oxygen atoms in total. The van der Waals surface area contributed by atoms with Gasteiger partial charge in [0.05, 0.1) is 13.2 Å². The van der Waals surface area contributed by atoms with Crippen LogP contribution in [0.5, 0.6) is 5.88 Å². The van der Waals surface area contributed by atoms with Crippen molar-refractivity contribution in [2.75, 3.05) is 6.61 Å². The molecule has 3 amide bonds. The number of halogens is 1. The van der Waals surface area contributed by atoms with Crippen LogP contribution >= 0.6 is 11.6 Å². The molecule has 1 aliphatic heterocycles. The van der Waals surface area contributed by atoms with Crippen molar-refractivity contribution in [3.8, 4) is 5.88 Å². The number of nitrogens with zero attached hydrogens (tertiary/aromatic N) is 1. The van der Waals surface area contributed by atoms with Gasteiger partial charge in [0.15, 0.2) is 11.4 Å². The van der Waals surface area contributed by atoms with Crippen LogP contribution in [0.1, 0.15) is 0 Å². The second-order valence-electron chi connectivity index (χ2n) is 5.39. The third-order valence-electron chi connectivity index (χ3n) is 3.95. The predicted molar refractivity (Wildman–Crippen MR) is 81.1 cm³/mol. The minimum absolute atomic E-state index is 0.166. The van der Waals surface area contributed by atoms with E-state index in [2.05, 4.69) is 5.32 Å². The summed E-state index contributed by atoms with van der Waals surface area (Å²) in [6, 6.07) is 4.12. The largest absolute Gasteiger partial charge is 0.494 e. The fourth-order valence-electron chi connectivity index (χ4n) is 2.72. The summed E-state index contributed by atoms with van der Waals surface area (Å²) >= 11 is 5.90. The first kappa shape index (κ1) is 15.6. The van der Waals surface area contributed by atoms with Crippen LogP contribution < -0.4 is 10.6 Å². The molecule has 23 heavy (non-hydrogen) atoms. The van der Waals surface area contributed by atoms with E-state index < -0.39 is 30.2 Å². The lowest BCUT2D eigenvalue weighted by atomic mass is 9.92. The Bertz CT molecular complexity index is 805. The van der Waals surface area contributed by atoms with Crippen LogP contribution in [0.3, 0.4) is 0 Å². The molecule has 122 valence electrons. The summed E-state index contributed by atoms with van der Waals surface area (Å²) < 4.78 is 1.31. The lowest BCUT2D eigenvalue weighted by Gasteiger charge is -2.30. The smallest absolute Gasteiger partial charge is 0.322 e. The van der Waals surface area contributed by atoms with Crippen molar-refractivity contribution in [1.82, 2.24) is 15.2 Å². The van der Waals surface area contributed by atoms with E-state index in [1.807, 2.05) is 5.32 Å². The topological polar surface area (TPSA) is 124 Å². The molecule has 2 atom stereocenters. The molecule has 2 aromatic rings. The van der Waals surface area contributed by atoms with E-state index in [-0.39, 0.29) is 12.4 Å². The molecule has 3 rings (SSSR count). The molecule has 0 spiro atoms. The second-order valence-corrected chi connectivity index (χ2v) is 5.83. The Labute approximate surface area is 135 Å². The number of imide groups is 1. The lowest BCUT2D eigenvalue weighted by molar-refractivity contribution is -0.130. The van der Waals surface area contributed by atoms with E-state index >= 15 is 0 Å². The minimum atomic E-state index is -1.78. The summed E-state index contributed by atoms with van der Waals surface area (Å²) in [5.74, 6) is -0.944. The maximum Gasteiger partial charge on any atom is 0.322 e. The van der Waals surface area contributed by atoms with Crippen molar-refractivity contribution in [2.45, 2.75) is 18.2 Å². The van der Waals surface area contributed by atoms with Crippen molar-refractivity contribution in [1.29, 1.82) is 0 Å². The third kappa shape index (κ3) is 2.40. The van der Waals surface area contributed by atoms with Gasteiger partial charge in [0.2, 0.25) is 0 Å². The fraction of sp³-hybridized carbons (Fsp3) is 0.286. The van der Waals surface area contributed by atoms with E-state index in [4.69, 9.17) is 11.6 Å². The zero-order valence-electron chi connectivity index (χ0n) is 11.8. The number of benzene rings is 1. The number of hydrogen-bond acceptors (Lipinski definition) is 5. The highest BCUT2D eigenvalue weighted by molar-refractivity contribution is 6.31. The SMILES string of the molecule is O=C1NC(=O)[C@](Cn2cc3ccc(Cl)cc3c2O)([C@H](O)CO)N1. The molecular weight excluding hydrogens is 326 g/mol. The van der Waals surface area contributed by atoms with Gasteiger partial charge in [-0.05, 0) is 12.1 Å². The Balaban J connectivity index is 2.06. The summed E-state index contributed by atoms with van der Waals surface area (Å²) in [4.78, 5) is 23.6. The van der Waals surface area contributed by atoms with E-state index in [1.165, 1.54) is 4.57 Å². The molecular formula is C14H14ClN3O5. The summed E-state index contributed by atoms with van der Waals surface area (Å²) in [5, 5.41) is 35.5. The van der Waals surface area contributed by atoms with Crippen molar-refractivity contribution >= 4 is 34.3 Å². The first-order chi connectivity index (χ1) is 10.9. The number of nitrogens with one attached hydrogen (secondary N) is 2. The Morgan fingerprint density at radius 3 is 2.70 bits per heavy atom. The Morgan fingerprint density at radius 1 is 1.35 bits per heavy atom. The molecule has 1 aromatic carbocycles. The zero-order valence-corrected chi connectivity index (χ0v) is 12.5. The lowest BCUT2D eigenvalue weighted by Crippen LogP contribution is -2.60. The van der Waals surface area contributed by atoms with Gasteiger partial charge in [0.1, 0.15) is 6.10 Å². The Kier molecular flexibility index (Phi) is 3.67. The van der Waals surface area contributed by atoms with E-state index in [9.17, 15) is 24.9 Å². The molecule has 0 radical (unpaired) electrons. The molecule has 0 bridgehead atoms. The van der Waals surface area contributed by atoms with Gasteiger partial charge in [0.25, 0.3) is 5.91 Å². The maximum atomic E-state index is 12.1. The van der Waals surface area contributed by atoms with Gasteiger partial charge >= 0.3 is 6.03 Å². The van der Waals surface area contributed by atoms with Gasteiger partial charge in [0, 0.05) is 22.0 Å². The molecule has 9 heteroatoms. The fourth-order valence-corrected chi connectivity index (χ4v) is 2.89. The van der Waals surface area contributed by atoms with E-state index in [0.29, 0.717) is 15.8 Å². The standard InChI is InChI=1S/C14H14ClN3O5/c15-8-2-1-7-4-18(11(21)9(7)3-8)6-14(10(20)5-19)12(22)16-13(23)17-14/h1-4,10,19-21H,5-6H2,(H2,16,17,22,23)/t10-,14+/m1/s1. The average molecular weight is 340 g/mol. The Morgan fingerprint density at radius 2 is 2.09 bits per heavy atom. The molecule has 2 heterocycles. The zero-order chi connectivity index (χ0) is 16.8. The van der Waals surface area contributed by atoms with Gasteiger partial charge in [-0.25, -0.2) is 4.79 Å². The van der Waals surface area contributed by atoms with Gasteiger partial charge in [-0.15, -0.1) is 0 Å². The van der Waals surface area contributed by atoms with Crippen LogP contribution in [-0.4, -0.2) is 50.1 Å². The maximum absolute atomic E-state index is 12.1. The van der Waals surface area contributed by atoms with Crippen molar-refractivity contribution in [2.24, 2.45) is 0 Å². The molecule has 1 fully saturated rings. The molecule has 1 saturated heterocycles. The highest BCUT2D eigenvalue weighted by atomic mass is 35.5. The van der Waals surface area contributed by atoms with E-state index in [0.717, 1.165) is 0 Å². The monoisotopic (exact) mass is 339 g/mol. The summed E-state index contributed by atoms with van der Waals surface area (Å²) in [5.41, 5.74) is -1.78. The summed E-state index contributed by atoms with van der Waals surface area (Å²) in [6.07, 6.45) is 0.0207. The van der Waals surface area contributed by atoms with Crippen molar-refractivity contribution in [3.63, 3.8) is 0 Å². The van der Waals surface area contributed by atoms with Crippen LogP contribution in [0.25, 0.3) is 10.8 Å². The average Bonchev–Trinajstić information content (AvgIpc) is 2.97. The number of rotatable bonds is 4. The number of aromatic nitrogens is 1. The molecule has 0 unspecified atom stereocenters. The quantitative estimate of drug-likeness (QED) is 0.499. The van der Waals surface area contributed by atoms with Crippen molar-refractivity contribution in [3.05, 3.63) is 29.4 Å². The van der Waals surface area contributed by atoms with Crippen LogP contribution in [0.4, 0.5) is 4.79 Å². The first-order valence-corrected chi connectivity index (χ1v) is 7.15. The third-order valence-corrected chi connectivity index (χ3v) is 4.19. The van der Waals surface area contributed by atoms with Crippen LogP contribution in [0.15, 0.2) is 24.4 Å². The number of aromatic hydroxyl groups is 1. The predicted octanol–water partition coefficient (Wildman–Crippen LogP) is -0.0683. The number of carbonyl (C=O) groups excluding carboxylic acids is 2. The Hall–Kier alpha value is -2.29. The van der Waals surface area contributed by atoms with Gasteiger partial charge in [-0.1, -0.05) is 17.7 Å². The van der Waals surface area contributed by atoms with Crippen LogP contribution in [0.2, 0.25) is 5.02 Å². The number of urea groups is 1. The van der Waals surface area contributed by atoms with Crippen molar-refractivity contribution < 1.29 is 24.9 Å². The summed E-state index contributed by atoms with van der Waals surface area (Å²) in [6.45, 7) is -0.995. The number of carbonyl (C=O) groups is 2. The van der Waals surface area contributed by atoms with E-state index in [1.54, 1.807) is 24.4 Å². The highest BCUT2D eigenvalue weighted by Crippen LogP contribution is 2.31. The first-order valence-electron chi connectivity index (χ1n) is 6.77. The molecule has 0 aliphatic carbocycles. The van der Waals surface area contributed by atoms with Gasteiger partial charge < -0.3 is 25.2 Å². The molecule has 0 saturated carbocycles. The number of fused-ring (bicyclic) bond motifs is 1. The molecule has 5 N–H and O–H groups in total. The van der Waals surface area contributed by atoms with Crippen LogP contribution in [0, 0.1) is 0 Å². The highest BCUT2D eigenvalue weighted by Gasteiger charge is 2.52. The second kappa shape index (κ2) is 5.41. The number of aliphatic hydroxyl groups is 2. The summed E-state index contributed by atoms with van der Waals surface area (Å²) in [7, 11) is 0. The molecule has 1 aliphatic rings. The minimum Gasteiger partial charge on any atom is -0.494 e. The number of hydrogen-bond donors (Lipinski definition) is 5.